The molecule has 3 aromatic carbocycles. The summed E-state index contributed by atoms with van der Waals surface area (Å²) in [5, 5.41) is 7.12. The fourth-order valence-corrected chi connectivity index (χ4v) is 3.24. The van der Waals surface area contributed by atoms with E-state index in [2.05, 4.69) is 15.6 Å². The van der Waals surface area contributed by atoms with Crippen molar-refractivity contribution in [1.82, 2.24) is 4.98 Å². The molecule has 0 spiro atoms. The Bertz CT molecular complexity index is 1270. The minimum Gasteiger partial charge on any atom is -0.497 e. The van der Waals surface area contributed by atoms with Crippen molar-refractivity contribution in [2.75, 3.05) is 23.5 Å². The lowest BCUT2D eigenvalue weighted by molar-refractivity contribution is -0.111. The number of anilines is 3. The molecule has 4 N–H and O–H groups in total. The lowest BCUT2D eigenvalue weighted by Gasteiger charge is -2.08. The van der Waals surface area contributed by atoms with Crippen LogP contribution >= 0.6 is 0 Å². The Labute approximate surface area is 200 Å². The number of fused-ring (bicyclic) bond motifs is 1. The summed E-state index contributed by atoms with van der Waals surface area (Å²) in [5.74, 6) is 1.40. The number of aromatic nitrogens is 1. The molecule has 34 heavy (non-hydrogen) atoms. The highest BCUT2D eigenvalue weighted by atomic mass is 16.5. The SMILES string of the molecule is CC.COc1ccc(CNc2ccc3cc(/C=C/C(=O)Nc4ccccc4N)ccc3n2)cc1. The van der Waals surface area contributed by atoms with Crippen molar-refractivity contribution >= 4 is 40.1 Å². The Morgan fingerprint density at radius 1 is 1.00 bits per heavy atom. The molecule has 0 saturated heterocycles. The summed E-state index contributed by atoms with van der Waals surface area (Å²) in [6.07, 6.45) is 3.26. The Balaban J connectivity index is 0.00000158. The fraction of sp³-hybridized carbons (Fsp3) is 0.143. The van der Waals surface area contributed by atoms with Gasteiger partial charge in [0.2, 0.25) is 5.91 Å². The van der Waals surface area contributed by atoms with E-state index in [1.54, 1.807) is 25.3 Å². The molecule has 0 aliphatic carbocycles. The van der Waals surface area contributed by atoms with E-state index in [1.165, 1.54) is 6.08 Å². The average Bonchev–Trinajstić information content (AvgIpc) is 2.89. The minimum absolute atomic E-state index is 0.237. The highest BCUT2D eigenvalue weighted by Crippen LogP contribution is 2.20. The number of benzene rings is 3. The molecule has 0 atom stereocenters. The second-order valence-electron chi connectivity index (χ2n) is 7.26. The lowest BCUT2D eigenvalue weighted by atomic mass is 10.1. The lowest BCUT2D eigenvalue weighted by Crippen LogP contribution is -2.09. The fourth-order valence-electron chi connectivity index (χ4n) is 3.24. The molecular weight excluding hydrogens is 424 g/mol. The summed E-state index contributed by atoms with van der Waals surface area (Å²) in [4.78, 5) is 16.9. The van der Waals surface area contributed by atoms with Crippen LogP contribution in [0.15, 0.2) is 84.9 Å². The number of nitrogens with zero attached hydrogens (tertiary/aromatic N) is 1. The molecule has 1 aromatic heterocycles. The molecule has 4 rings (SSSR count). The number of nitrogens with two attached hydrogens (primary N) is 1. The summed E-state index contributed by atoms with van der Waals surface area (Å²) < 4.78 is 5.19. The van der Waals surface area contributed by atoms with Gasteiger partial charge in [0, 0.05) is 18.0 Å². The van der Waals surface area contributed by atoms with Crippen LogP contribution in [-0.4, -0.2) is 18.0 Å². The van der Waals surface area contributed by atoms with Crippen molar-refractivity contribution in [3.05, 3.63) is 96.1 Å². The number of hydrogen-bond acceptors (Lipinski definition) is 5. The molecule has 0 fully saturated rings. The summed E-state index contributed by atoms with van der Waals surface area (Å²) in [6, 6.07) is 24.9. The van der Waals surface area contributed by atoms with Gasteiger partial charge in [-0.05, 0) is 65.7 Å². The van der Waals surface area contributed by atoms with Crippen LogP contribution in [0, 0.1) is 0 Å². The van der Waals surface area contributed by atoms with Crippen LogP contribution in [-0.2, 0) is 11.3 Å². The maximum Gasteiger partial charge on any atom is 0.248 e. The van der Waals surface area contributed by atoms with Crippen molar-refractivity contribution in [3.8, 4) is 5.75 Å². The largest absolute Gasteiger partial charge is 0.497 e. The van der Waals surface area contributed by atoms with Gasteiger partial charge in [-0.2, -0.15) is 0 Å². The number of ether oxygens (including phenoxy) is 1. The number of pyridine rings is 1. The van der Waals surface area contributed by atoms with Crippen LogP contribution in [0.5, 0.6) is 5.75 Å². The van der Waals surface area contributed by atoms with Gasteiger partial charge in [-0.25, -0.2) is 4.98 Å². The van der Waals surface area contributed by atoms with Crippen molar-refractivity contribution in [1.29, 1.82) is 0 Å². The molecular formula is C28H30N4O2. The standard InChI is InChI=1S/C26H24N4O2.C2H6/c1-32-21-11-6-19(7-12-21)17-28-25-14-10-20-16-18(8-13-23(20)29-25)9-15-26(31)30-24-5-3-2-4-22(24)27;1-2/h2-16H,17,27H2,1H3,(H,28,29)(H,30,31);1-2H3/b15-9+;. The molecule has 0 aliphatic heterocycles. The van der Waals surface area contributed by atoms with E-state index in [4.69, 9.17) is 10.5 Å². The zero-order chi connectivity index (χ0) is 24.3. The molecule has 0 bridgehead atoms. The van der Waals surface area contributed by atoms with E-state index in [0.717, 1.165) is 33.6 Å². The van der Waals surface area contributed by atoms with Crippen LogP contribution in [0.25, 0.3) is 17.0 Å². The Hall–Kier alpha value is -4.32. The number of methoxy groups -OCH3 is 1. The summed E-state index contributed by atoms with van der Waals surface area (Å²) >= 11 is 0. The number of hydrogen-bond donors (Lipinski definition) is 3. The van der Waals surface area contributed by atoms with E-state index >= 15 is 0 Å². The first kappa shape index (κ1) is 24.3. The van der Waals surface area contributed by atoms with Gasteiger partial charge in [0.05, 0.1) is 24.0 Å². The summed E-state index contributed by atoms with van der Waals surface area (Å²) in [6.45, 7) is 4.67. The zero-order valence-corrected chi connectivity index (χ0v) is 19.7. The second-order valence-corrected chi connectivity index (χ2v) is 7.26. The quantitative estimate of drug-likeness (QED) is 0.231. The summed E-state index contributed by atoms with van der Waals surface area (Å²) in [7, 11) is 1.66. The van der Waals surface area contributed by atoms with Crippen LogP contribution < -0.4 is 21.1 Å². The van der Waals surface area contributed by atoms with Gasteiger partial charge >= 0.3 is 0 Å². The number of rotatable bonds is 7. The first-order valence-corrected chi connectivity index (χ1v) is 11.2. The predicted molar refractivity (Wildman–Crippen MR) is 142 cm³/mol. The highest BCUT2D eigenvalue weighted by Gasteiger charge is 2.03. The molecule has 1 amide bonds. The number of nitrogens with one attached hydrogen (secondary N) is 2. The number of nitrogen functional groups attached to an aromatic ring is 1. The minimum atomic E-state index is -0.237. The van der Waals surface area contributed by atoms with Gasteiger partial charge in [0.25, 0.3) is 0 Å². The predicted octanol–water partition coefficient (Wildman–Crippen LogP) is 6.12. The third kappa shape index (κ3) is 6.59. The molecule has 1 heterocycles. The van der Waals surface area contributed by atoms with E-state index in [-0.39, 0.29) is 5.91 Å². The van der Waals surface area contributed by atoms with Gasteiger partial charge in [-0.3, -0.25) is 4.79 Å². The maximum atomic E-state index is 12.2. The molecule has 0 saturated carbocycles. The number of carbonyl (C=O) groups excluding carboxylic acids is 1. The number of carbonyl (C=O) groups is 1. The highest BCUT2D eigenvalue weighted by molar-refractivity contribution is 6.03. The smallest absolute Gasteiger partial charge is 0.248 e. The molecule has 6 heteroatoms. The first-order chi connectivity index (χ1) is 16.6. The summed E-state index contributed by atoms with van der Waals surface area (Å²) in [5.41, 5.74) is 9.92. The normalized spacial score (nSPS) is 10.4. The van der Waals surface area contributed by atoms with Crippen LogP contribution in [0.1, 0.15) is 25.0 Å². The zero-order valence-electron chi connectivity index (χ0n) is 19.7. The van der Waals surface area contributed by atoms with Crippen LogP contribution in [0.3, 0.4) is 0 Å². The van der Waals surface area contributed by atoms with Crippen molar-refractivity contribution in [2.24, 2.45) is 0 Å². The van der Waals surface area contributed by atoms with Gasteiger partial charge in [-0.15, -0.1) is 0 Å². The topological polar surface area (TPSA) is 89.3 Å². The van der Waals surface area contributed by atoms with Crippen molar-refractivity contribution in [2.45, 2.75) is 20.4 Å². The maximum absolute atomic E-state index is 12.2. The van der Waals surface area contributed by atoms with Crippen molar-refractivity contribution in [3.63, 3.8) is 0 Å². The van der Waals surface area contributed by atoms with Gasteiger partial charge < -0.3 is 21.1 Å². The second kappa shape index (κ2) is 12.1. The Morgan fingerprint density at radius 3 is 2.50 bits per heavy atom. The van der Waals surface area contributed by atoms with E-state index < -0.39 is 0 Å². The molecule has 0 radical (unpaired) electrons. The van der Waals surface area contributed by atoms with E-state index in [0.29, 0.717) is 17.9 Å². The Morgan fingerprint density at radius 2 is 1.76 bits per heavy atom. The molecule has 0 unspecified atom stereocenters. The number of amides is 1. The molecule has 6 nitrogen and oxygen atoms in total. The van der Waals surface area contributed by atoms with Gasteiger partial charge in [-0.1, -0.05) is 44.2 Å². The molecule has 4 aromatic rings. The third-order valence-electron chi connectivity index (χ3n) is 4.99. The Kier molecular flexibility index (Phi) is 8.63. The van der Waals surface area contributed by atoms with Gasteiger partial charge in [0.15, 0.2) is 0 Å². The van der Waals surface area contributed by atoms with Gasteiger partial charge in [0.1, 0.15) is 11.6 Å². The third-order valence-corrected chi connectivity index (χ3v) is 4.99. The average molecular weight is 455 g/mol. The van der Waals surface area contributed by atoms with Crippen LogP contribution in [0.4, 0.5) is 17.2 Å². The van der Waals surface area contributed by atoms with Crippen LogP contribution in [0.2, 0.25) is 0 Å². The van der Waals surface area contributed by atoms with E-state index in [1.807, 2.05) is 80.6 Å². The monoisotopic (exact) mass is 454 g/mol. The van der Waals surface area contributed by atoms with E-state index in [9.17, 15) is 4.79 Å². The number of para-hydroxylation sites is 2. The molecule has 0 aliphatic rings. The molecule has 174 valence electrons. The first-order valence-electron chi connectivity index (χ1n) is 11.2. The van der Waals surface area contributed by atoms with Crippen molar-refractivity contribution < 1.29 is 9.53 Å².